The highest BCUT2D eigenvalue weighted by molar-refractivity contribution is 6.01. The van der Waals surface area contributed by atoms with E-state index in [-0.39, 0.29) is 11.8 Å². The third-order valence-electron chi connectivity index (χ3n) is 3.73. The minimum atomic E-state index is -4.83. The van der Waals surface area contributed by atoms with E-state index < -0.39 is 40.7 Å². The Labute approximate surface area is 145 Å². The monoisotopic (exact) mass is 370 g/mol. The van der Waals surface area contributed by atoms with E-state index in [1.807, 2.05) is 0 Å². The molecule has 1 aromatic carbocycles. The van der Waals surface area contributed by atoms with E-state index in [4.69, 9.17) is 10.5 Å². The number of ether oxygens (including phenoxy) is 1. The summed E-state index contributed by atoms with van der Waals surface area (Å²) in [5, 5.41) is 9.19. The number of aryl methyl sites for hydroxylation is 1. The lowest BCUT2D eigenvalue weighted by Crippen LogP contribution is -2.23. The molecule has 0 aliphatic heterocycles. The van der Waals surface area contributed by atoms with Crippen molar-refractivity contribution in [1.82, 2.24) is 10.2 Å². The molecule has 0 spiro atoms. The average molecular weight is 370 g/mol. The average Bonchev–Trinajstić information content (AvgIpc) is 3.32. The Kier molecular flexibility index (Phi) is 4.43. The maximum atomic E-state index is 13.3. The molecule has 3 rings (SSSR count). The first-order chi connectivity index (χ1) is 12.2. The number of aromatic nitrogens is 2. The fraction of sp³-hybridized carbons (Fsp3) is 0.312. The van der Waals surface area contributed by atoms with Gasteiger partial charge in [0, 0.05) is 6.04 Å². The van der Waals surface area contributed by atoms with Crippen molar-refractivity contribution < 1.29 is 27.1 Å². The molecule has 0 radical (unpaired) electrons. The lowest BCUT2D eigenvalue weighted by Gasteiger charge is -2.18. The van der Waals surface area contributed by atoms with E-state index >= 15 is 0 Å². The molecule has 3 N–H and O–H groups in total. The Morgan fingerprint density at radius 2 is 2.00 bits per heavy atom. The molecule has 138 valence electrons. The fourth-order valence-electron chi connectivity index (χ4n) is 2.32. The summed E-state index contributed by atoms with van der Waals surface area (Å²) in [6.07, 6.45) is -3.52. The molecule has 0 bridgehead atoms. The number of carbonyl (C=O) groups excluding carboxylic acids is 1. The highest BCUT2D eigenvalue weighted by Gasteiger charge is 2.41. The van der Waals surface area contributed by atoms with Crippen LogP contribution in [0.3, 0.4) is 0 Å². The summed E-state index contributed by atoms with van der Waals surface area (Å²) >= 11 is 0. The predicted molar refractivity (Wildman–Crippen MR) is 83.4 cm³/mol. The summed E-state index contributed by atoms with van der Waals surface area (Å²) in [5.74, 6) is -2.04. The van der Waals surface area contributed by atoms with E-state index in [9.17, 15) is 22.4 Å². The lowest BCUT2D eigenvalue weighted by atomic mass is 10.1. The van der Waals surface area contributed by atoms with Crippen LogP contribution in [-0.2, 0) is 6.18 Å². The van der Waals surface area contributed by atoms with Crippen LogP contribution in [-0.4, -0.2) is 22.1 Å². The van der Waals surface area contributed by atoms with Crippen molar-refractivity contribution in [3.63, 3.8) is 0 Å². The SMILES string of the molecule is Cc1cc(F)ccc1Oc1nnc(C(F)(F)F)c(NC2CC2)c1C(N)=O. The van der Waals surface area contributed by atoms with Crippen LogP contribution in [0, 0.1) is 12.7 Å². The first-order valence-corrected chi connectivity index (χ1v) is 7.65. The molecule has 1 heterocycles. The number of benzene rings is 1. The van der Waals surface area contributed by atoms with Gasteiger partial charge in [-0.3, -0.25) is 4.79 Å². The van der Waals surface area contributed by atoms with Gasteiger partial charge in [0.2, 0.25) is 0 Å². The smallest absolute Gasteiger partial charge is 0.437 e. The standard InChI is InChI=1S/C16H14F4N4O2/c1-7-6-8(17)2-5-10(7)26-15-11(14(21)25)12(22-9-3-4-9)13(23-24-15)16(18,19)20/h2,5-6,9H,3-4H2,1H3,(H2,21,25)(H,22,24). The van der Waals surface area contributed by atoms with Crippen LogP contribution in [0.5, 0.6) is 11.6 Å². The van der Waals surface area contributed by atoms with Crippen LogP contribution in [0.4, 0.5) is 23.2 Å². The normalized spacial score (nSPS) is 14.2. The Morgan fingerprint density at radius 1 is 1.31 bits per heavy atom. The molecule has 1 amide bonds. The van der Waals surface area contributed by atoms with Gasteiger partial charge in [0.05, 0.1) is 5.69 Å². The predicted octanol–water partition coefficient (Wildman–Crippen LogP) is 3.41. The summed E-state index contributed by atoms with van der Waals surface area (Å²) in [7, 11) is 0. The van der Waals surface area contributed by atoms with Gasteiger partial charge in [0.25, 0.3) is 11.8 Å². The van der Waals surface area contributed by atoms with Crippen molar-refractivity contribution >= 4 is 11.6 Å². The van der Waals surface area contributed by atoms with Gasteiger partial charge in [-0.1, -0.05) is 0 Å². The van der Waals surface area contributed by atoms with Crippen molar-refractivity contribution in [2.24, 2.45) is 5.73 Å². The third kappa shape index (κ3) is 3.68. The molecule has 2 aromatic rings. The number of halogens is 4. The van der Waals surface area contributed by atoms with Crippen LogP contribution < -0.4 is 15.8 Å². The third-order valence-corrected chi connectivity index (χ3v) is 3.73. The zero-order valence-corrected chi connectivity index (χ0v) is 13.5. The maximum Gasteiger partial charge on any atom is 0.437 e. The van der Waals surface area contributed by atoms with Crippen LogP contribution in [0.1, 0.15) is 34.5 Å². The number of nitrogens with zero attached hydrogens (tertiary/aromatic N) is 2. The molecule has 0 unspecified atom stereocenters. The van der Waals surface area contributed by atoms with Gasteiger partial charge in [-0.25, -0.2) is 4.39 Å². The molecule has 0 saturated heterocycles. The van der Waals surface area contributed by atoms with Crippen LogP contribution in [0.25, 0.3) is 0 Å². The Morgan fingerprint density at radius 3 is 2.54 bits per heavy atom. The quantitative estimate of drug-likeness (QED) is 0.788. The zero-order valence-electron chi connectivity index (χ0n) is 13.5. The topological polar surface area (TPSA) is 90.1 Å². The maximum absolute atomic E-state index is 13.3. The van der Waals surface area contributed by atoms with Crippen LogP contribution in [0.2, 0.25) is 0 Å². The van der Waals surface area contributed by atoms with Gasteiger partial charge in [-0.2, -0.15) is 13.2 Å². The summed E-state index contributed by atoms with van der Waals surface area (Å²) < 4.78 is 58.4. The summed E-state index contributed by atoms with van der Waals surface area (Å²) in [4.78, 5) is 11.9. The molecule has 10 heteroatoms. The lowest BCUT2D eigenvalue weighted by molar-refractivity contribution is -0.141. The van der Waals surface area contributed by atoms with Crippen molar-refractivity contribution in [2.75, 3.05) is 5.32 Å². The highest BCUT2D eigenvalue weighted by atomic mass is 19.4. The number of nitrogens with two attached hydrogens (primary N) is 1. The van der Waals surface area contributed by atoms with Crippen molar-refractivity contribution in [1.29, 1.82) is 0 Å². The van der Waals surface area contributed by atoms with Gasteiger partial charge < -0.3 is 15.8 Å². The van der Waals surface area contributed by atoms with E-state index in [2.05, 4.69) is 15.5 Å². The molecule has 1 aliphatic carbocycles. The molecule has 26 heavy (non-hydrogen) atoms. The van der Waals surface area contributed by atoms with Gasteiger partial charge >= 0.3 is 6.18 Å². The van der Waals surface area contributed by atoms with Crippen LogP contribution in [0.15, 0.2) is 18.2 Å². The van der Waals surface area contributed by atoms with Gasteiger partial charge in [0.1, 0.15) is 17.1 Å². The molecular formula is C16H14F4N4O2. The summed E-state index contributed by atoms with van der Waals surface area (Å²) in [6, 6.07) is 3.33. The van der Waals surface area contributed by atoms with E-state index in [0.717, 1.165) is 6.07 Å². The highest BCUT2D eigenvalue weighted by Crippen LogP contribution is 2.40. The van der Waals surface area contributed by atoms with Crippen molar-refractivity contribution in [3.05, 3.63) is 40.8 Å². The summed E-state index contributed by atoms with van der Waals surface area (Å²) in [6.45, 7) is 1.53. The number of hydrogen-bond donors (Lipinski definition) is 2. The largest absolute Gasteiger partial charge is 0.437 e. The molecular weight excluding hydrogens is 356 g/mol. The van der Waals surface area contributed by atoms with Crippen molar-refractivity contribution in [2.45, 2.75) is 32.0 Å². The van der Waals surface area contributed by atoms with E-state index in [0.29, 0.717) is 18.4 Å². The number of anilines is 1. The number of amides is 1. The minimum Gasteiger partial charge on any atom is -0.437 e. The number of primary amides is 1. The molecule has 6 nitrogen and oxygen atoms in total. The number of nitrogens with one attached hydrogen (secondary N) is 1. The van der Waals surface area contributed by atoms with E-state index in [1.165, 1.54) is 19.1 Å². The molecule has 1 aromatic heterocycles. The Hall–Kier alpha value is -2.91. The molecule has 0 atom stereocenters. The van der Waals surface area contributed by atoms with Gasteiger partial charge in [-0.15, -0.1) is 10.2 Å². The number of hydrogen-bond acceptors (Lipinski definition) is 5. The molecule has 1 fully saturated rings. The van der Waals surface area contributed by atoms with E-state index in [1.54, 1.807) is 0 Å². The second-order valence-corrected chi connectivity index (χ2v) is 5.90. The second kappa shape index (κ2) is 6.43. The first-order valence-electron chi connectivity index (χ1n) is 7.65. The molecule has 1 aliphatic rings. The van der Waals surface area contributed by atoms with Gasteiger partial charge in [0.15, 0.2) is 5.69 Å². The summed E-state index contributed by atoms with van der Waals surface area (Å²) in [5.41, 5.74) is 3.19. The first kappa shape index (κ1) is 17.9. The number of rotatable bonds is 5. The second-order valence-electron chi connectivity index (χ2n) is 5.90. The van der Waals surface area contributed by atoms with Gasteiger partial charge in [-0.05, 0) is 43.5 Å². The Balaban J connectivity index is 2.11. The van der Waals surface area contributed by atoms with Crippen molar-refractivity contribution in [3.8, 4) is 11.6 Å². The minimum absolute atomic E-state index is 0.111. The zero-order chi connectivity index (χ0) is 19.1. The Bertz CT molecular complexity index is 866. The molecule has 1 saturated carbocycles. The number of carbonyl (C=O) groups is 1. The number of alkyl halides is 3. The fourth-order valence-corrected chi connectivity index (χ4v) is 2.32. The van der Waals surface area contributed by atoms with Crippen LogP contribution >= 0.6 is 0 Å².